The first-order valence-corrected chi connectivity index (χ1v) is 10.1. The van der Waals surface area contributed by atoms with Crippen LogP contribution < -0.4 is 10.6 Å². The van der Waals surface area contributed by atoms with Gasteiger partial charge in [-0.1, -0.05) is 12.1 Å². The Labute approximate surface area is 160 Å². The number of carbonyl (C=O) groups excluding carboxylic acids is 2. The van der Waals surface area contributed by atoms with Crippen LogP contribution in [0, 0.1) is 34.5 Å². The lowest BCUT2D eigenvalue weighted by Crippen LogP contribution is -2.47. The van der Waals surface area contributed by atoms with Gasteiger partial charge in [0, 0.05) is 18.7 Å². The van der Waals surface area contributed by atoms with Gasteiger partial charge in [-0.05, 0) is 79.4 Å². The average Bonchev–Trinajstić information content (AvgIpc) is 2.59. The Hall–Kier alpha value is -2.35. The van der Waals surface area contributed by atoms with Crippen molar-refractivity contribution in [3.8, 4) is 6.07 Å². The predicted molar refractivity (Wildman–Crippen MR) is 102 cm³/mol. The molecular weight excluding hydrogens is 338 g/mol. The van der Waals surface area contributed by atoms with Gasteiger partial charge in [-0.25, -0.2) is 0 Å². The molecule has 0 spiro atoms. The molecule has 1 aromatic rings. The number of carbonyl (C=O) groups is 2. The second kappa shape index (κ2) is 7.34. The lowest BCUT2D eigenvalue weighted by Gasteiger charge is -2.56. The number of amides is 2. The second-order valence-electron chi connectivity index (χ2n) is 8.95. The van der Waals surface area contributed by atoms with E-state index in [0.29, 0.717) is 18.7 Å². The van der Waals surface area contributed by atoms with Crippen LogP contribution in [0.25, 0.3) is 0 Å². The van der Waals surface area contributed by atoms with Crippen LogP contribution in [0.4, 0.5) is 5.69 Å². The lowest BCUT2D eigenvalue weighted by molar-refractivity contribution is -0.129. The fraction of sp³-hybridized carbons (Fsp3) is 0.591. The van der Waals surface area contributed by atoms with E-state index in [0.717, 1.165) is 23.3 Å². The summed E-state index contributed by atoms with van der Waals surface area (Å²) in [7, 11) is 0. The summed E-state index contributed by atoms with van der Waals surface area (Å²) in [5.41, 5.74) is 1.86. The molecule has 5 rings (SSSR count). The third-order valence-electron chi connectivity index (χ3n) is 6.64. The Morgan fingerprint density at radius 1 is 1.07 bits per heavy atom. The van der Waals surface area contributed by atoms with Crippen LogP contribution in [-0.4, -0.2) is 11.8 Å². The molecule has 4 fully saturated rings. The summed E-state index contributed by atoms with van der Waals surface area (Å²) >= 11 is 0. The van der Waals surface area contributed by atoms with Crippen molar-refractivity contribution in [2.75, 3.05) is 5.32 Å². The van der Waals surface area contributed by atoms with Gasteiger partial charge in [0.2, 0.25) is 11.8 Å². The highest BCUT2D eigenvalue weighted by Gasteiger charge is 2.51. The molecule has 0 radical (unpaired) electrons. The van der Waals surface area contributed by atoms with Gasteiger partial charge < -0.3 is 10.6 Å². The van der Waals surface area contributed by atoms with Crippen LogP contribution in [0.15, 0.2) is 24.3 Å². The molecule has 0 aromatic heterocycles. The zero-order chi connectivity index (χ0) is 18.9. The van der Waals surface area contributed by atoms with E-state index < -0.39 is 0 Å². The first-order chi connectivity index (χ1) is 13.0. The third-order valence-corrected chi connectivity index (χ3v) is 6.64. The quantitative estimate of drug-likeness (QED) is 0.805. The van der Waals surface area contributed by atoms with Gasteiger partial charge in [0.05, 0.1) is 6.07 Å². The van der Waals surface area contributed by atoms with E-state index in [1.807, 2.05) is 24.3 Å². The van der Waals surface area contributed by atoms with Crippen LogP contribution in [-0.2, 0) is 16.1 Å². The summed E-state index contributed by atoms with van der Waals surface area (Å²) in [4.78, 5) is 24.2. The molecule has 4 saturated carbocycles. The van der Waals surface area contributed by atoms with E-state index in [9.17, 15) is 9.59 Å². The molecule has 0 unspecified atom stereocenters. The molecule has 0 aliphatic heterocycles. The van der Waals surface area contributed by atoms with Gasteiger partial charge in [0.15, 0.2) is 0 Å². The number of nitrogens with zero attached hydrogens (tertiary/aromatic N) is 1. The second-order valence-corrected chi connectivity index (χ2v) is 8.95. The fourth-order valence-corrected chi connectivity index (χ4v) is 6.15. The molecule has 5 nitrogen and oxygen atoms in total. The zero-order valence-corrected chi connectivity index (χ0v) is 15.7. The lowest BCUT2D eigenvalue weighted by atomic mass is 9.49. The Kier molecular flexibility index (Phi) is 4.90. The number of anilines is 1. The van der Waals surface area contributed by atoms with Gasteiger partial charge >= 0.3 is 0 Å². The van der Waals surface area contributed by atoms with Gasteiger partial charge in [-0.15, -0.1) is 0 Å². The smallest absolute Gasteiger partial charge is 0.238 e. The van der Waals surface area contributed by atoms with Crippen LogP contribution in [0.5, 0.6) is 0 Å². The van der Waals surface area contributed by atoms with Crippen LogP contribution in [0.2, 0.25) is 0 Å². The Balaban J connectivity index is 1.31. The minimum absolute atomic E-state index is 0.149. The fourth-order valence-electron chi connectivity index (χ4n) is 6.15. The molecule has 0 heterocycles. The van der Waals surface area contributed by atoms with E-state index in [1.165, 1.54) is 38.5 Å². The molecule has 2 amide bonds. The largest absolute Gasteiger partial charge is 0.352 e. The van der Waals surface area contributed by atoms with Gasteiger partial charge in [0.25, 0.3) is 0 Å². The summed E-state index contributed by atoms with van der Waals surface area (Å²) in [5.74, 6) is 2.41. The standard InChI is InChI=1S/C22H27N3O2/c23-5-4-20(26)25-19-3-1-2-15(9-19)14-24-21(27)13-22-10-16-6-17(11-22)8-18(7-16)12-22/h1-3,9,16-18H,4,6-8,10-14H2,(H,24,27)(H,25,26). The number of hydrogen-bond donors (Lipinski definition) is 2. The maximum absolute atomic E-state index is 12.6. The Morgan fingerprint density at radius 3 is 2.37 bits per heavy atom. The maximum Gasteiger partial charge on any atom is 0.238 e. The number of nitrogens with one attached hydrogen (secondary N) is 2. The van der Waals surface area contributed by atoms with E-state index in [1.54, 1.807) is 6.07 Å². The molecule has 142 valence electrons. The number of benzene rings is 1. The van der Waals surface area contributed by atoms with E-state index >= 15 is 0 Å². The van der Waals surface area contributed by atoms with Crippen molar-refractivity contribution in [1.82, 2.24) is 5.32 Å². The van der Waals surface area contributed by atoms with Gasteiger partial charge in [-0.3, -0.25) is 9.59 Å². The van der Waals surface area contributed by atoms with Crippen molar-refractivity contribution < 1.29 is 9.59 Å². The normalized spacial score (nSPS) is 30.6. The van der Waals surface area contributed by atoms with Gasteiger partial charge in [0.1, 0.15) is 6.42 Å². The van der Waals surface area contributed by atoms with Crippen molar-refractivity contribution in [3.05, 3.63) is 29.8 Å². The molecule has 0 saturated heterocycles. The molecule has 1 aromatic carbocycles. The van der Waals surface area contributed by atoms with E-state index in [-0.39, 0.29) is 23.7 Å². The van der Waals surface area contributed by atoms with Crippen LogP contribution in [0.3, 0.4) is 0 Å². The Bertz CT molecular complexity index is 745. The highest BCUT2D eigenvalue weighted by atomic mass is 16.2. The van der Waals surface area contributed by atoms with Crippen LogP contribution in [0.1, 0.15) is 56.9 Å². The predicted octanol–water partition coefficient (Wildman–Crippen LogP) is 3.76. The summed E-state index contributed by atoms with van der Waals surface area (Å²) < 4.78 is 0. The number of hydrogen-bond acceptors (Lipinski definition) is 3. The highest BCUT2D eigenvalue weighted by molar-refractivity contribution is 5.92. The minimum atomic E-state index is -0.319. The van der Waals surface area contributed by atoms with Crippen molar-refractivity contribution in [2.24, 2.45) is 23.2 Å². The summed E-state index contributed by atoms with van der Waals surface area (Å²) in [6.45, 7) is 0.465. The highest BCUT2D eigenvalue weighted by Crippen LogP contribution is 2.61. The molecule has 5 heteroatoms. The van der Waals surface area contributed by atoms with Gasteiger partial charge in [-0.2, -0.15) is 5.26 Å². The SMILES string of the molecule is N#CCC(=O)Nc1cccc(CNC(=O)CC23CC4CC(CC(C4)C2)C3)c1. The third kappa shape index (κ3) is 4.16. The molecular formula is C22H27N3O2. The molecule has 27 heavy (non-hydrogen) atoms. The van der Waals surface area contributed by atoms with Crippen molar-refractivity contribution in [3.63, 3.8) is 0 Å². The molecule has 4 aliphatic rings. The topological polar surface area (TPSA) is 82.0 Å². The zero-order valence-electron chi connectivity index (χ0n) is 15.7. The van der Waals surface area contributed by atoms with Crippen molar-refractivity contribution in [2.45, 2.75) is 57.9 Å². The van der Waals surface area contributed by atoms with Crippen molar-refractivity contribution >= 4 is 17.5 Å². The van der Waals surface area contributed by atoms with E-state index in [4.69, 9.17) is 5.26 Å². The maximum atomic E-state index is 12.6. The summed E-state index contributed by atoms with van der Waals surface area (Å²) in [6.07, 6.45) is 8.41. The molecule has 4 aliphatic carbocycles. The summed E-state index contributed by atoms with van der Waals surface area (Å²) in [6, 6.07) is 9.26. The number of rotatable bonds is 6. The van der Waals surface area contributed by atoms with Crippen LogP contribution >= 0.6 is 0 Å². The minimum Gasteiger partial charge on any atom is -0.352 e. The molecule has 0 atom stereocenters. The number of nitriles is 1. The first kappa shape index (κ1) is 18.0. The first-order valence-electron chi connectivity index (χ1n) is 10.1. The van der Waals surface area contributed by atoms with E-state index in [2.05, 4.69) is 10.6 Å². The average molecular weight is 365 g/mol. The van der Waals surface area contributed by atoms with Crippen molar-refractivity contribution in [1.29, 1.82) is 5.26 Å². The monoisotopic (exact) mass is 365 g/mol. The summed E-state index contributed by atoms with van der Waals surface area (Å²) in [5, 5.41) is 14.3. The Morgan fingerprint density at radius 2 is 1.74 bits per heavy atom. The molecule has 4 bridgehead atoms. The molecule has 2 N–H and O–H groups in total.